The highest BCUT2D eigenvalue weighted by molar-refractivity contribution is 7.89. The first-order valence-corrected chi connectivity index (χ1v) is 11.3. The van der Waals surface area contributed by atoms with Crippen LogP contribution in [-0.4, -0.2) is 19.9 Å². The predicted octanol–water partition coefficient (Wildman–Crippen LogP) is 4.20. The molecule has 2 aromatic carbocycles. The van der Waals surface area contributed by atoms with Crippen LogP contribution in [-0.2, 0) is 28.3 Å². The van der Waals surface area contributed by atoms with E-state index in [1.807, 2.05) is 18.3 Å². The summed E-state index contributed by atoms with van der Waals surface area (Å²) in [7, 11) is -3.57. The molecule has 0 saturated heterocycles. The largest absolute Gasteiger partial charge is 0.361 e. The molecule has 3 aromatic rings. The van der Waals surface area contributed by atoms with Crippen molar-refractivity contribution in [3.8, 4) is 0 Å². The summed E-state index contributed by atoms with van der Waals surface area (Å²) in [6.45, 7) is 0.329. The Hall–Kier alpha value is -2.18. The van der Waals surface area contributed by atoms with Gasteiger partial charge in [0.2, 0.25) is 10.0 Å². The van der Waals surface area contributed by atoms with Crippen molar-refractivity contribution in [2.45, 2.75) is 48.8 Å². The van der Waals surface area contributed by atoms with Gasteiger partial charge < -0.3 is 4.98 Å². The van der Waals surface area contributed by atoms with Crippen LogP contribution in [0.5, 0.6) is 0 Å². The topological polar surface area (TPSA) is 62.0 Å². The molecule has 146 valence electrons. The lowest BCUT2D eigenvalue weighted by Crippen LogP contribution is -2.32. The Bertz CT molecular complexity index is 1160. The van der Waals surface area contributed by atoms with Gasteiger partial charge >= 0.3 is 0 Å². The van der Waals surface area contributed by atoms with E-state index >= 15 is 0 Å². The number of rotatable bonds is 5. The standard InChI is InChI=1S/C22H23FN2O2S/c23-17-6-8-21-19(12-17)20(13-24-21)22(9-10-22)14-25-28(26,27)18-7-5-15-3-1-2-4-16(15)11-18/h5-8,11-13,24-25H,1-4,9-10,14H2. The first kappa shape index (κ1) is 17.9. The molecule has 1 aromatic heterocycles. The number of hydrogen-bond acceptors (Lipinski definition) is 2. The molecule has 5 rings (SSSR count). The van der Waals surface area contributed by atoms with Gasteiger partial charge in [-0.25, -0.2) is 17.5 Å². The zero-order chi connectivity index (χ0) is 19.4. The molecule has 0 spiro atoms. The molecule has 0 amide bonds. The number of halogens is 1. The number of H-pyrrole nitrogens is 1. The third-order valence-corrected chi connectivity index (χ3v) is 7.70. The fourth-order valence-electron chi connectivity index (χ4n) is 4.42. The lowest BCUT2D eigenvalue weighted by molar-refractivity contribution is 0.567. The minimum Gasteiger partial charge on any atom is -0.361 e. The highest BCUT2D eigenvalue weighted by Gasteiger charge is 2.46. The average Bonchev–Trinajstić information content (AvgIpc) is 3.38. The van der Waals surface area contributed by atoms with E-state index in [1.54, 1.807) is 12.1 Å². The quantitative estimate of drug-likeness (QED) is 0.677. The summed E-state index contributed by atoms with van der Waals surface area (Å²) in [5.41, 5.74) is 4.04. The third-order valence-electron chi connectivity index (χ3n) is 6.30. The van der Waals surface area contributed by atoms with E-state index in [4.69, 9.17) is 0 Å². The normalized spacial score (nSPS) is 18.2. The summed E-state index contributed by atoms with van der Waals surface area (Å²) in [4.78, 5) is 3.52. The maximum atomic E-state index is 13.7. The molecule has 4 nitrogen and oxygen atoms in total. The third kappa shape index (κ3) is 3.05. The Kier molecular flexibility index (Phi) is 4.10. The van der Waals surface area contributed by atoms with Gasteiger partial charge in [-0.1, -0.05) is 6.07 Å². The lowest BCUT2D eigenvalue weighted by Gasteiger charge is -2.18. The fraction of sp³-hybridized carbons (Fsp3) is 0.364. The highest BCUT2D eigenvalue weighted by atomic mass is 32.2. The second-order valence-electron chi connectivity index (χ2n) is 8.13. The molecule has 1 heterocycles. The number of aryl methyl sites for hydroxylation is 2. The van der Waals surface area contributed by atoms with E-state index in [0.717, 1.165) is 54.1 Å². The Labute approximate surface area is 164 Å². The average molecular weight is 399 g/mol. The van der Waals surface area contributed by atoms with Crippen LogP contribution in [0, 0.1) is 5.82 Å². The molecule has 2 N–H and O–H groups in total. The SMILES string of the molecule is O=S(=O)(NCC1(c2c[nH]c3ccc(F)cc23)CC1)c1ccc2c(c1)CCCC2. The van der Waals surface area contributed by atoms with Crippen LogP contribution in [0.1, 0.15) is 42.4 Å². The molecule has 0 aliphatic heterocycles. The highest BCUT2D eigenvalue weighted by Crippen LogP contribution is 2.50. The zero-order valence-corrected chi connectivity index (χ0v) is 16.4. The molecule has 2 aliphatic rings. The van der Waals surface area contributed by atoms with Crippen LogP contribution in [0.4, 0.5) is 4.39 Å². The first-order valence-electron chi connectivity index (χ1n) is 9.86. The summed E-state index contributed by atoms with van der Waals surface area (Å²) in [6, 6.07) is 10.2. The van der Waals surface area contributed by atoms with E-state index in [9.17, 15) is 12.8 Å². The van der Waals surface area contributed by atoms with Gasteiger partial charge in [-0.2, -0.15) is 0 Å². The van der Waals surface area contributed by atoms with Crippen molar-refractivity contribution in [2.75, 3.05) is 6.54 Å². The molecule has 0 unspecified atom stereocenters. The molecule has 0 radical (unpaired) electrons. The van der Waals surface area contributed by atoms with E-state index in [1.165, 1.54) is 24.1 Å². The number of aromatic nitrogens is 1. The second kappa shape index (κ2) is 6.42. The maximum absolute atomic E-state index is 13.7. The molecule has 0 atom stereocenters. The molecular weight excluding hydrogens is 375 g/mol. The number of sulfonamides is 1. The van der Waals surface area contributed by atoms with Gasteiger partial charge in [0.1, 0.15) is 5.82 Å². The van der Waals surface area contributed by atoms with Crippen molar-refractivity contribution >= 4 is 20.9 Å². The van der Waals surface area contributed by atoms with Crippen molar-refractivity contribution in [2.24, 2.45) is 0 Å². The van der Waals surface area contributed by atoms with Gasteiger partial charge in [0.05, 0.1) is 4.90 Å². The van der Waals surface area contributed by atoms with Gasteiger partial charge in [-0.3, -0.25) is 0 Å². The number of hydrogen-bond donors (Lipinski definition) is 2. The summed E-state index contributed by atoms with van der Waals surface area (Å²) in [5.74, 6) is -0.279. The second-order valence-corrected chi connectivity index (χ2v) is 9.90. The van der Waals surface area contributed by atoms with Crippen LogP contribution < -0.4 is 4.72 Å². The number of fused-ring (bicyclic) bond motifs is 2. The smallest absolute Gasteiger partial charge is 0.240 e. The maximum Gasteiger partial charge on any atom is 0.240 e. The van der Waals surface area contributed by atoms with Crippen LogP contribution in [0.15, 0.2) is 47.5 Å². The summed E-state index contributed by atoms with van der Waals surface area (Å²) in [5, 5.41) is 0.838. The molecule has 28 heavy (non-hydrogen) atoms. The van der Waals surface area contributed by atoms with Gasteiger partial charge in [0, 0.05) is 29.1 Å². The molecule has 0 bridgehead atoms. The number of aromatic amines is 1. The minimum absolute atomic E-state index is 0.257. The van der Waals surface area contributed by atoms with Gasteiger partial charge in [-0.05, 0) is 85.5 Å². The fourth-order valence-corrected chi connectivity index (χ4v) is 5.59. The summed E-state index contributed by atoms with van der Waals surface area (Å²) in [6.07, 6.45) is 7.94. The van der Waals surface area contributed by atoms with Crippen molar-refractivity contribution in [3.05, 3.63) is 65.1 Å². The molecule has 2 aliphatic carbocycles. The molecule has 1 fully saturated rings. The zero-order valence-electron chi connectivity index (χ0n) is 15.6. The Morgan fingerprint density at radius 2 is 1.82 bits per heavy atom. The lowest BCUT2D eigenvalue weighted by atomic mass is 9.92. The van der Waals surface area contributed by atoms with Crippen LogP contribution >= 0.6 is 0 Å². The summed E-state index contributed by atoms with van der Waals surface area (Å²) >= 11 is 0. The van der Waals surface area contributed by atoms with Crippen LogP contribution in [0.3, 0.4) is 0 Å². The Morgan fingerprint density at radius 3 is 2.61 bits per heavy atom. The van der Waals surface area contributed by atoms with E-state index in [-0.39, 0.29) is 11.2 Å². The van der Waals surface area contributed by atoms with Crippen molar-refractivity contribution in [3.63, 3.8) is 0 Å². The minimum atomic E-state index is -3.57. The molecular formula is C22H23FN2O2S. The monoisotopic (exact) mass is 398 g/mol. The summed E-state index contributed by atoms with van der Waals surface area (Å²) < 4.78 is 42.3. The van der Waals surface area contributed by atoms with E-state index in [2.05, 4.69) is 9.71 Å². The van der Waals surface area contributed by atoms with Crippen molar-refractivity contribution in [1.82, 2.24) is 9.71 Å². The van der Waals surface area contributed by atoms with E-state index < -0.39 is 10.0 Å². The van der Waals surface area contributed by atoms with Crippen LogP contribution in [0.25, 0.3) is 10.9 Å². The first-order chi connectivity index (χ1) is 13.5. The number of benzene rings is 2. The van der Waals surface area contributed by atoms with Gasteiger partial charge in [-0.15, -0.1) is 0 Å². The van der Waals surface area contributed by atoms with Crippen LogP contribution in [0.2, 0.25) is 0 Å². The Balaban J connectivity index is 1.40. The predicted molar refractivity (Wildman–Crippen MR) is 107 cm³/mol. The van der Waals surface area contributed by atoms with E-state index in [0.29, 0.717) is 11.4 Å². The van der Waals surface area contributed by atoms with Crippen molar-refractivity contribution < 1.29 is 12.8 Å². The molecule has 1 saturated carbocycles. The van der Waals surface area contributed by atoms with Crippen molar-refractivity contribution in [1.29, 1.82) is 0 Å². The van der Waals surface area contributed by atoms with Gasteiger partial charge in [0.15, 0.2) is 0 Å². The van der Waals surface area contributed by atoms with Gasteiger partial charge in [0.25, 0.3) is 0 Å². The Morgan fingerprint density at radius 1 is 1.04 bits per heavy atom. The number of nitrogens with one attached hydrogen (secondary N) is 2. The molecule has 6 heteroatoms.